The van der Waals surface area contributed by atoms with E-state index in [1.807, 2.05) is 44.0 Å². The minimum atomic E-state index is -0.483. The lowest BCUT2D eigenvalue weighted by Gasteiger charge is -2.40. The highest BCUT2D eigenvalue weighted by molar-refractivity contribution is 9.10. The first-order valence-corrected chi connectivity index (χ1v) is 9.85. The Balaban J connectivity index is 1.90. The highest BCUT2D eigenvalue weighted by Crippen LogP contribution is 2.47. The second kappa shape index (κ2) is 6.64. The van der Waals surface area contributed by atoms with Crippen LogP contribution in [0, 0.1) is 0 Å². The second-order valence-electron chi connectivity index (χ2n) is 7.14. The maximum Gasteiger partial charge on any atom is 0.410 e. The summed E-state index contributed by atoms with van der Waals surface area (Å²) in [5, 5.41) is 5.58. The van der Waals surface area contributed by atoms with Gasteiger partial charge in [0.05, 0.1) is 6.04 Å². The van der Waals surface area contributed by atoms with Crippen LogP contribution in [0.25, 0.3) is 0 Å². The van der Waals surface area contributed by atoms with Crippen LogP contribution in [0.15, 0.2) is 40.3 Å². The molecule has 0 aliphatic carbocycles. The Morgan fingerprint density at radius 2 is 2.08 bits per heavy atom. The highest BCUT2D eigenvalue weighted by atomic mass is 79.9. The number of hydrogen-bond acceptors (Lipinski definition) is 4. The van der Waals surface area contributed by atoms with Crippen molar-refractivity contribution >= 4 is 33.8 Å². The fraction of sp³-hybridized carbons (Fsp3) is 0.500. The van der Waals surface area contributed by atoms with Crippen molar-refractivity contribution in [2.75, 3.05) is 6.54 Å². The molecule has 2 aliphatic rings. The minimum absolute atomic E-state index is 0.0496. The van der Waals surface area contributed by atoms with Crippen LogP contribution in [-0.4, -0.2) is 29.2 Å². The first-order chi connectivity index (χ1) is 11.3. The van der Waals surface area contributed by atoms with Gasteiger partial charge in [0, 0.05) is 17.2 Å². The van der Waals surface area contributed by atoms with Crippen LogP contribution >= 0.6 is 27.7 Å². The van der Waals surface area contributed by atoms with Crippen molar-refractivity contribution in [1.29, 1.82) is 0 Å². The number of amides is 1. The van der Waals surface area contributed by atoms with Crippen molar-refractivity contribution in [2.45, 2.75) is 50.1 Å². The van der Waals surface area contributed by atoms with E-state index in [0.717, 1.165) is 23.9 Å². The van der Waals surface area contributed by atoms with E-state index >= 15 is 0 Å². The molecule has 0 spiro atoms. The number of carbonyl (C=O) groups is 1. The van der Waals surface area contributed by atoms with Gasteiger partial charge < -0.3 is 15.0 Å². The molecule has 1 aromatic carbocycles. The Kier molecular flexibility index (Phi) is 4.89. The molecular formula is C18H23BrN2O2S. The zero-order valence-electron chi connectivity index (χ0n) is 14.2. The van der Waals surface area contributed by atoms with E-state index in [1.54, 1.807) is 11.8 Å². The van der Waals surface area contributed by atoms with E-state index in [-0.39, 0.29) is 17.0 Å². The number of carbonyl (C=O) groups excluding carboxylic acids is 1. The van der Waals surface area contributed by atoms with E-state index in [1.165, 1.54) is 5.56 Å². The van der Waals surface area contributed by atoms with Crippen LogP contribution in [-0.2, 0) is 9.61 Å². The smallest absolute Gasteiger partial charge is 0.410 e. The number of nitrogens with one attached hydrogen (secondary N) is 1. The first-order valence-electron chi connectivity index (χ1n) is 8.18. The molecule has 4 nitrogen and oxygen atoms in total. The summed E-state index contributed by atoms with van der Waals surface area (Å²) < 4.78 is 6.68. The summed E-state index contributed by atoms with van der Waals surface area (Å²) in [5.41, 5.74) is 0.685. The third kappa shape index (κ3) is 3.45. The number of likely N-dealkylation sites (tertiary alicyclic amines) is 1. The van der Waals surface area contributed by atoms with Gasteiger partial charge in [0.1, 0.15) is 10.5 Å². The molecule has 0 radical (unpaired) electrons. The monoisotopic (exact) mass is 410 g/mol. The third-order valence-corrected chi connectivity index (χ3v) is 6.04. The number of benzene rings is 1. The van der Waals surface area contributed by atoms with Crippen LogP contribution in [0.2, 0.25) is 0 Å². The van der Waals surface area contributed by atoms with Gasteiger partial charge in [0.15, 0.2) is 0 Å². The lowest BCUT2D eigenvalue weighted by molar-refractivity contribution is 0.0185. The van der Waals surface area contributed by atoms with Gasteiger partial charge in [-0.2, -0.15) is 0 Å². The molecule has 2 aliphatic heterocycles. The summed E-state index contributed by atoms with van der Waals surface area (Å²) in [5.74, 6) is 0. The van der Waals surface area contributed by atoms with Gasteiger partial charge in [0.25, 0.3) is 0 Å². The van der Waals surface area contributed by atoms with Crippen molar-refractivity contribution in [3.05, 3.63) is 45.9 Å². The van der Waals surface area contributed by atoms with Crippen LogP contribution in [0.5, 0.6) is 0 Å². The number of hydrogen-bond donors (Lipinski definition) is 1. The molecule has 1 aromatic rings. The van der Waals surface area contributed by atoms with Crippen LogP contribution in [0.1, 0.15) is 39.2 Å². The van der Waals surface area contributed by atoms with Gasteiger partial charge in [-0.15, -0.1) is 0 Å². The maximum absolute atomic E-state index is 12.7. The Morgan fingerprint density at radius 3 is 2.67 bits per heavy atom. The Labute approximate surface area is 156 Å². The summed E-state index contributed by atoms with van der Waals surface area (Å²) >= 11 is 5.22. The molecule has 1 fully saturated rings. The molecule has 2 heterocycles. The first kappa shape index (κ1) is 17.7. The molecule has 1 N–H and O–H groups in total. The Morgan fingerprint density at radius 1 is 1.38 bits per heavy atom. The molecule has 1 saturated heterocycles. The van der Waals surface area contributed by atoms with Crippen LogP contribution in [0.4, 0.5) is 4.79 Å². The molecule has 0 bridgehead atoms. The number of thioether (sulfide) groups is 1. The topological polar surface area (TPSA) is 41.6 Å². The Bertz CT molecular complexity index is 631. The van der Waals surface area contributed by atoms with Crippen molar-refractivity contribution in [3.8, 4) is 0 Å². The van der Waals surface area contributed by atoms with Crippen LogP contribution in [0.3, 0.4) is 0 Å². The molecule has 130 valence electrons. The van der Waals surface area contributed by atoms with Crippen molar-refractivity contribution in [3.63, 3.8) is 0 Å². The average molecular weight is 411 g/mol. The molecule has 2 atom stereocenters. The molecule has 0 aromatic heterocycles. The SMILES string of the molecule is CC(C)(C)OC(=O)N1CCCC1C1(c2ccc(Br)cc2)NC=CS1. The van der Waals surface area contributed by atoms with Gasteiger partial charge in [-0.05, 0) is 56.7 Å². The van der Waals surface area contributed by atoms with Gasteiger partial charge in [-0.25, -0.2) is 4.79 Å². The van der Waals surface area contributed by atoms with Gasteiger partial charge >= 0.3 is 6.09 Å². The molecule has 24 heavy (non-hydrogen) atoms. The predicted octanol–water partition coefficient (Wildman–Crippen LogP) is 4.81. The zero-order chi connectivity index (χ0) is 17.4. The molecule has 0 saturated carbocycles. The van der Waals surface area contributed by atoms with Gasteiger partial charge in [-0.3, -0.25) is 0 Å². The summed E-state index contributed by atoms with van der Waals surface area (Å²) in [7, 11) is 0. The standard InChI is InChI=1S/C18H23BrN2O2S/c1-17(2,3)23-16(22)21-11-4-5-15(21)18(20-10-12-24-18)13-6-8-14(19)9-7-13/h6-10,12,15,20H,4-5,11H2,1-3H3. The molecule has 2 unspecified atom stereocenters. The summed E-state index contributed by atoms with van der Waals surface area (Å²) in [6.45, 7) is 6.46. The van der Waals surface area contributed by atoms with Crippen molar-refractivity contribution < 1.29 is 9.53 Å². The van der Waals surface area contributed by atoms with Crippen molar-refractivity contribution in [1.82, 2.24) is 10.2 Å². The Hall–Kier alpha value is -1.14. The maximum atomic E-state index is 12.7. The number of nitrogens with zero attached hydrogens (tertiary/aromatic N) is 1. The lowest BCUT2D eigenvalue weighted by Crippen LogP contribution is -2.53. The number of ether oxygens (including phenoxy) is 1. The predicted molar refractivity (Wildman–Crippen MR) is 102 cm³/mol. The minimum Gasteiger partial charge on any atom is -0.444 e. The second-order valence-corrected chi connectivity index (χ2v) is 9.21. The van der Waals surface area contributed by atoms with Gasteiger partial charge in [0.2, 0.25) is 0 Å². The molecule has 3 rings (SSSR count). The third-order valence-electron chi connectivity index (χ3n) is 4.24. The van der Waals surface area contributed by atoms with E-state index < -0.39 is 5.60 Å². The van der Waals surface area contributed by atoms with E-state index in [2.05, 4.69) is 38.8 Å². The largest absolute Gasteiger partial charge is 0.444 e. The lowest BCUT2D eigenvalue weighted by atomic mass is 9.96. The summed E-state index contributed by atoms with van der Waals surface area (Å²) in [6.07, 6.45) is 3.69. The number of halogens is 1. The normalized spacial score (nSPS) is 26.5. The summed E-state index contributed by atoms with van der Waals surface area (Å²) in [6, 6.07) is 8.37. The fourth-order valence-electron chi connectivity index (χ4n) is 3.28. The fourth-order valence-corrected chi connectivity index (χ4v) is 4.70. The quantitative estimate of drug-likeness (QED) is 0.759. The van der Waals surface area contributed by atoms with Gasteiger partial charge in [-0.1, -0.05) is 39.8 Å². The van der Waals surface area contributed by atoms with E-state index in [0.29, 0.717) is 0 Å². The molecular weight excluding hydrogens is 388 g/mol. The van der Waals surface area contributed by atoms with E-state index in [4.69, 9.17) is 4.74 Å². The zero-order valence-corrected chi connectivity index (χ0v) is 16.6. The number of rotatable bonds is 2. The highest BCUT2D eigenvalue weighted by Gasteiger charge is 2.49. The van der Waals surface area contributed by atoms with Crippen molar-refractivity contribution in [2.24, 2.45) is 0 Å². The molecule has 1 amide bonds. The summed E-state index contributed by atoms with van der Waals surface area (Å²) in [4.78, 5) is 14.2. The molecule has 6 heteroatoms. The average Bonchev–Trinajstić information content (AvgIpc) is 3.16. The van der Waals surface area contributed by atoms with E-state index in [9.17, 15) is 4.79 Å². The van der Waals surface area contributed by atoms with Crippen LogP contribution < -0.4 is 5.32 Å².